The molecule has 0 aliphatic heterocycles. The van der Waals surface area contributed by atoms with Gasteiger partial charge in [0.15, 0.2) is 0 Å². The molecule has 0 radical (unpaired) electrons. The standard InChI is InChI=1S/C6Br2I2O2/c7-1-3(9)6(12)4(10)2(8)5(1)11. The molecular formula is C6Br2I2O2. The Hall–Kier alpha value is 1.24. The van der Waals surface area contributed by atoms with E-state index in [-0.39, 0.29) is 11.6 Å². The molecular weight excluding hydrogens is 518 g/mol. The van der Waals surface area contributed by atoms with Crippen molar-refractivity contribution in [1.29, 1.82) is 0 Å². The van der Waals surface area contributed by atoms with E-state index < -0.39 is 0 Å². The Morgan fingerprint density at radius 3 is 1.50 bits per heavy atom. The van der Waals surface area contributed by atoms with E-state index in [0.29, 0.717) is 16.1 Å². The van der Waals surface area contributed by atoms with Crippen LogP contribution in [-0.4, -0.2) is 11.6 Å². The molecule has 1 aliphatic carbocycles. The van der Waals surface area contributed by atoms with Gasteiger partial charge in [-0.3, -0.25) is 9.59 Å². The molecule has 0 fully saturated rings. The molecule has 64 valence electrons. The van der Waals surface area contributed by atoms with E-state index in [4.69, 9.17) is 0 Å². The Labute approximate surface area is 113 Å². The molecule has 0 saturated heterocycles. The third-order valence-corrected chi connectivity index (χ3v) is 6.24. The van der Waals surface area contributed by atoms with Crippen LogP contribution in [-0.2, 0) is 9.59 Å². The number of ketones is 2. The summed E-state index contributed by atoms with van der Waals surface area (Å²) < 4.78 is 1.54. The highest BCUT2D eigenvalue weighted by molar-refractivity contribution is 14.1. The molecule has 6 heteroatoms. The van der Waals surface area contributed by atoms with Crippen molar-refractivity contribution >= 4 is 88.6 Å². The first-order valence-corrected chi connectivity index (χ1v) is 6.41. The fourth-order valence-electron chi connectivity index (χ4n) is 0.591. The minimum absolute atomic E-state index is 0.116. The number of halogens is 4. The molecule has 2 nitrogen and oxygen atoms in total. The van der Waals surface area contributed by atoms with Crippen LogP contribution in [0.4, 0.5) is 0 Å². The first-order valence-electron chi connectivity index (χ1n) is 2.66. The van der Waals surface area contributed by atoms with Crippen LogP contribution in [0.15, 0.2) is 16.1 Å². The van der Waals surface area contributed by atoms with Crippen molar-refractivity contribution in [3.63, 3.8) is 0 Å². The SMILES string of the molecule is O=C1C(Br)=C(I)C(=O)C(I)=C1Br. The highest BCUT2D eigenvalue weighted by Crippen LogP contribution is 2.36. The van der Waals surface area contributed by atoms with E-state index in [1.807, 2.05) is 45.2 Å². The van der Waals surface area contributed by atoms with Gasteiger partial charge in [-0.1, -0.05) is 0 Å². The van der Waals surface area contributed by atoms with Crippen molar-refractivity contribution in [3.8, 4) is 0 Å². The number of hydrogen-bond donors (Lipinski definition) is 0. The fourth-order valence-corrected chi connectivity index (χ4v) is 3.16. The summed E-state index contributed by atoms with van der Waals surface area (Å²) in [7, 11) is 0. The number of hydrogen-bond acceptors (Lipinski definition) is 2. The van der Waals surface area contributed by atoms with Crippen LogP contribution in [0.25, 0.3) is 0 Å². The van der Waals surface area contributed by atoms with Gasteiger partial charge in [0.25, 0.3) is 0 Å². The van der Waals surface area contributed by atoms with Crippen molar-refractivity contribution in [2.45, 2.75) is 0 Å². The first-order chi connectivity index (χ1) is 5.46. The number of carbonyl (C=O) groups is 2. The van der Waals surface area contributed by atoms with Crippen LogP contribution in [0.5, 0.6) is 0 Å². The molecule has 0 spiro atoms. The topological polar surface area (TPSA) is 34.1 Å². The maximum atomic E-state index is 11.3. The molecule has 0 saturated carbocycles. The second-order valence-electron chi connectivity index (χ2n) is 1.91. The Morgan fingerprint density at radius 1 is 0.833 bits per heavy atom. The lowest BCUT2D eigenvalue weighted by Crippen LogP contribution is -2.13. The van der Waals surface area contributed by atoms with E-state index in [9.17, 15) is 9.59 Å². The smallest absolute Gasteiger partial charge is 0.209 e. The number of allylic oxidation sites excluding steroid dienone is 4. The summed E-state index contributed by atoms with van der Waals surface area (Å²) in [6.45, 7) is 0. The van der Waals surface area contributed by atoms with Gasteiger partial charge < -0.3 is 0 Å². The summed E-state index contributed by atoms with van der Waals surface area (Å²) in [6.07, 6.45) is 0. The lowest BCUT2D eigenvalue weighted by Gasteiger charge is -2.10. The molecule has 1 aliphatic rings. The highest BCUT2D eigenvalue weighted by Gasteiger charge is 2.29. The zero-order valence-corrected chi connectivity index (χ0v) is 12.8. The maximum absolute atomic E-state index is 11.3. The predicted octanol–water partition coefficient (Wildman–Crippen LogP) is 3.22. The summed E-state index contributed by atoms with van der Waals surface area (Å²) in [4.78, 5) is 22.7. The average molecular weight is 518 g/mol. The summed E-state index contributed by atoms with van der Waals surface area (Å²) in [6, 6.07) is 0. The van der Waals surface area contributed by atoms with Crippen LogP contribution in [0.1, 0.15) is 0 Å². The van der Waals surface area contributed by atoms with Gasteiger partial charge in [-0.15, -0.1) is 0 Å². The van der Waals surface area contributed by atoms with Gasteiger partial charge in [0.05, 0.1) is 16.1 Å². The zero-order valence-electron chi connectivity index (χ0n) is 5.33. The molecule has 0 aromatic carbocycles. The molecule has 0 unspecified atom stereocenters. The quantitative estimate of drug-likeness (QED) is 0.365. The normalized spacial score (nSPS) is 19.3. The average Bonchev–Trinajstić information content (AvgIpc) is 2.08. The molecule has 0 bridgehead atoms. The summed E-state index contributed by atoms with van der Waals surface area (Å²) in [5.74, 6) is -0.294. The van der Waals surface area contributed by atoms with Gasteiger partial charge in [0, 0.05) is 0 Å². The minimum atomic E-state index is -0.177. The van der Waals surface area contributed by atoms with E-state index in [1.165, 1.54) is 0 Å². The Balaban J connectivity index is 3.32. The summed E-state index contributed by atoms with van der Waals surface area (Å²) in [5.41, 5.74) is 0. The first kappa shape index (κ1) is 11.3. The molecule has 12 heavy (non-hydrogen) atoms. The predicted molar refractivity (Wildman–Crippen MR) is 70.0 cm³/mol. The summed E-state index contributed by atoms with van der Waals surface area (Å²) >= 11 is 9.83. The number of Topliss-reactive ketones (excluding diaryl/α,β-unsaturated/α-hetero) is 2. The third kappa shape index (κ3) is 1.85. The zero-order chi connectivity index (χ0) is 9.46. The van der Waals surface area contributed by atoms with Crippen molar-refractivity contribution in [1.82, 2.24) is 0 Å². The number of carbonyl (C=O) groups excluding carboxylic acids is 2. The third-order valence-electron chi connectivity index (χ3n) is 1.18. The second kappa shape index (κ2) is 4.18. The maximum Gasteiger partial charge on any atom is 0.209 e. The lowest BCUT2D eigenvalue weighted by molar-refractivity contribution is -0.114. The van der Waals surface area contributed by atoms with Gasteiger partial charge in [-0.05, 0) is 77.0 Å². The Bertz CT molecular complexity index is 281. The molecule has 0 amide bonds. The van der Waals surface area contributed by atoms with Gasteiger partial charge in [-0.25, -0.2) is 0 Å². The molecule has 0 N–H and O–H groups in total. The highest BCUT2D eigenvalue weighted by atomic mass is 127. The molecule has 0 heterocycles. The van der Waals surface area contributed by atoms with Crippen molar-refractivity contribution in [2.75, 3.05) is 0 Å². The van der Waals surface area contributed by atoms with Crippen molar-refractivity contribution in [3.05, 3.63) is 16.1 Å². The largest absolute Gasteiger partial charge is 0.287 e. The van der Waals surface area contributed by atoms with Crippen LogP contribution < -0.4 is 0 Å². The Kier molecular flexibility index (Phi) is 3.94. The van der Waals surface area contributed by atoms with Crippen LogP contribution in [0.2, 0.25) is 0 Å². The van der Waals surface area contributed by atoms with Gasteiger partial charge >= 0.3 is 0 Å². The molecule has 1 rings (SSSR count). The number of rotatable bonds is 0. The van der Waals surface area contributed by atoms with E-state index >= 15 is 0 Å². The summed E-state index contributed by atoms with van der Waals surface area (Å²) in [5, 5.41) is 0. The molecule has 0 aromatic heterocycles. The van der Waals surface area contributed by atoms with Crippen LogP contribution in [0.3, 0.4) is 0 Å². The van der Waals surface area contributed by atoms with Gasteiger partial charge in [0.1, 0.15) is 0 Å². The molecule has 0 aromatic rings. The van der Waals surface area contributed by atoms with Crippen molar-refractivity contribution in [2.24, 2.45) is 0 Å². The second-order valence-corrected chi connectivity index (χ2v) is 5.66. The van der Waals surface area contributed by atoms with E-state index in [1.54, 1.807) is 0 Å². The minimum Gasteiger partial charge on any atom is -0.287 e. The van der Waals surface area contributed by atoms with E-state index in [2.05, 4.69) is 31.9 Å². The van der Waals surface area contributed by atoms with Gasteiger partial charge in [0.2, 0.25) is 11.6 Å². The monoisotopic (exact) mass is 516 g/mol. The van der Waals surface area contributed by atoms with Crippen LogP contribution >= 0.6 is 77.0 Å². The lowest BCUT2D eigenvalue weighted by atomic mass is 10.2. The Morgan fingerprint density at radius 2 is 1.17 bits per heavy atom. The van der Waals surface area contributed by atoms with Crippen LogP contribution in [0, 0.1) is 0 Å². The van der Waals surface area contributed by atoms with E-state index in [0.717, 1.165) is 0 Å². The molecule has 0 atom stereocenters. The van der Waals surface area contributed by atoms with Gasteiger partial charge in [-0.2, -0.15) is 0 Å². The fraction of sp³-hybridized carbons (Fsp3) is 0. The van der Waals surface area contributed by atoms with Crippen molar-refractivity contribution < 1.29 is 9.59 Å².